The molecule has 0 aromatic rings. The molecule has 1 rings (SSSR count). The molecule has 0 fully saturated rings. The number of hydrogen-bond acceptors (Lipinski definition) is 2. The first-order valence-electron chi connectivity index (χ1n) is 6.00. The first-order chi connectivity index (χ1) is 7.45. The molecule has 0 aromatic heterocycles. The zero-order valence-electron chi connectivity index (χ0n) is 11.0. The molecule has 0 radical (unpaired) electrons. The van der Waals surface area contributed by atoms with E-state index in [2.05, 4.69) is 45.9 Å². The van der Waals surface area contributed by atoms with E-state index in [1.807, 2.05) is 0 Å². The number of hydrogen-bond donors (Lipinski definition) is 1. The minimum atomic E-state index is -0.109. The van der Waals surface area contributed by atoms with Crippen LogP contribution in [-0.4, -0.2) is 24.9 Å². The molecule has 0 spiro atoms. The molecule has 0 saturated carbocycles. The van der Waals surface area contributed by atoms with Gasteiger partial charge in [0, 0.05) is 19.1 Å². The quantitative estimate of drug-likeness (QED) is 0.795. The summed E-state index contributed by atoms with van der Waals surface area (Å²) >= 11 is 0. The molecule has 92 valence electrons. The Morgan fingerprint density at radius 1 is 1.44 bits per heavy atom. The van der Waals surface area contributed by atoms with Crippen molar-refractivity contribution in [2.75, 3.05) is 13.7 Å². The average Bonchev–Trinajstić information content (AvgIpc) is 2.28. The van der Waals surface area contributed by atoms with Crippen LogP contribution in [0.15, 0.2) is 23.8 Å². The van der Waals surface area contributed by atoms with E-state index in [0.717, 1.165) is 0 Å². The van der Waals surface area contributed by atoms with Crippen molar-refractivity contribution in [2.24, 2.45) is 17.3 Å². The molecule has 0 aliphatic heterocycles. The van der Waals surface area contributed by atoms with Crippen molar-refractivity contribution in [3.63, 3.8) is 0 Å². The van der Waals surface area contributed by atoms with Crippen molar-refractivity contribution in [2.45, 2.75) is 33.8 Å². The monoisotopic (exact) mass is 224 g/mol. The van der Waals surface area contributed by atoms with Gasteiger partial charge in [-0.1, -0.05) is 45.9 Å². The van der Waals surface area contributed by atoms with Gasteiger partial charge in [-0.15, -0.1) is 0 Å². The fourth-order valence-corrected chi connectivity index (χ4v) is 2.13. The zero-order valence-corrected chi connectivity index (χ0v) is 11.0. The van der Waals surface area contributed by atoms with Gasteiger partial charge in [0.25, 0.3) is 0 Å². The van der Waals surface area contributed by atoms with E-state index in [9.17, 15) is 5.11 Å². The van der Waals surface area contributed by atoms with Gasteiger partial charge in [0.05, 0.1) is 6.10 Å². The molecule has 3 atom stereocenters. The molecule has 0 saturated heterocycles. The Morgan fingerprint density at radius 2 is 2.06 bits per heavy atom. The molecule has 3 unspecified atom stereocenters. The average molecular weight is 224 g/mol. The van der Waals surface area contributed by atoms with Gasteiger partial charge in [0.2, 0.25) is 0 Å². The van der Waals surface area contributed by atoms with Crippen molar-refractivity contribution in [3.05, 3.63) is 23.8 Å². The Balaban J connectivity index is 2.98. The number of ether oxygens (including phenoxy) is 1. The first kappa shape index (κ1) is 13.5. The maximum Gasteiger partial charge on any atom is 0.0849 e. The van der Waals surface area contributed by atoms with Crippen LogP contribution in [0.5, 0.6) is 0 Å². The van der Waals surface area contributed by atoms with Crippen LogP contribution in [0.1, 0.15) is 27.7 Å². The van der Waals surface area contributed by atoms with Crippen LogP contribution in [0.25, 0.3) is 0 Å². The van der Waals surface area contributed by atoms with Gasteiger partial charge in [-0.2, -0.15) is 0 Å². The molecule has 2 nitrogen and oxygen atoms in total. The second-order valence-electron chi connectivity index (χ2n) is 5.26. The minimum absolute atomic E-state index is 0.0528. The summed E-state index contributed by atoms with van der Waals surface area (Å²) in [5.74, 6) is 0.710. The lowest BCUT2D eigenvalue weighted by molar-refractivity contribution is 0.00920. The van der Waals surface area contributed by atoms with Gasteiger partial charge in [-0.05, 0) is 17.4 Å². The van der Waals surface area contributed by atoms with E-state index >= 15 is 0 Å². The van der Waals surface area contributed by atoms with E-state index in [1.54, 1.807) is 7.11 Å². The van der Waals surface area contributed by atoms with Gasteiger partial charge in [0.15, 0.2) is 0 Å². The molecule has 0 heterocycles. The van der Waals surface area contributed by atoms with Crippen LogP contribution in [0.3, 0.4) is 0 Å². The van der Waals surface area contributed by atoms with Crippen LogP contribution < -0.4 is 0 Å². The van der Waals surface area contributed by atoms with Gasteiger partial charge in [0.1, 0.15) is 0 Å². The van der Waals surface area contributed by atoms with Crippen LogP contribution in [0, 0.1) is 17.3 Å². The van der Waals surface area contributed by atoms with E-state index < -0.39 is 0 Å². The number of aliphatic hydroxyl groups excluding tert-OH is 1. The maximum atomic E-state index is 9.33. The number of rotatable bonds is 4. The molecular weight excluding hydrogens is 200 g/mol. The summed E-state index contributed by atoms with van der Waals surface area (Å²) in [5, 5.41) is 9.33. The van der Waals surface area contributed by atoms with Crippen LogP contribution >= 0.6 is 0 Å². The second kappa shape index (κ2) is 5.15. The van der Waals surface area contributed by atoms with Crippen LogP contribution in [0.2, 0.25) is 0 Å². The van der Waals surface area contributed by atoms with Gasteiger partial charge in [-0.3, -0.25) is 0 Å². The van der Waals surface area contributed by atoms with Crippen molar-refractivity contribution in [1.29, 1.82) is 0 Å². The fourth-order valence-electron chi connectivity index (χ4n) is 2.13. The van der Waals surface area contributed by atoms with Crippen LogP contribution in [-0.2, 0) is 4.74 Å². The van der Waals surface area contributed by atoms with E-state index in [4.69, 9.17) is 4.74 Å². The van der Waals surface area contributed by atoms with Crippen molar-refractivity contribution in [3.8, 4) is 0 Å². The lowest BCUT2D eigenvalue weighted by Gasteiger charge is -2.40. The molecule has 1 aliphatic carbocycles. The lowest BCUT2D eigenvalue weighted by atomic mass is 9.70. The summed E-state index contributed by atoms with van der Waals surface area (Å²) in [7, 11) is 1.74. The fraction of sp³-hybridized carbons (Fsp3) is 0.714. The Bertz CT molecular complexity index is 291. The molecule has 1 aliphatic rings. The largest absolute Gasteiger partial charge is 0.396 e. The summed E-state index contributed by atoms with van der Waals surface area (Å²) in [6.07, 6.45) is 6.61. The summed E-state index contributed by atoms with van der Waals surface area (Å²) < 4.78 is 5.57. The SMILES string of the molecule is COC1C=C(C(C)C)C=CC1(C)C(C)CO. The number of methoxy groups -OCH3 is 1. The molecule has 0 aromatic carbocycles. The molecule has 0 amide bonds. The highest BCUT2D eigenvalue weighted by atomic mass is 16.5. The molecule has 16 heavy (non-hydrogen) atoms. The predicted octanol–water partition coefficient (Wildman–Crippen LogP) is 2.79. The molecular formula is C14H24O2. The first-order valence-corrected chi connectivity index (χ1v) is 6.00. The van der Waals surface area contributed by atoms with Gasteiger partial charge < -0.3 is 9.84 Å². The molecule has 0 bridgehead atoms. The second-order valence-corrected chi connectivity index (χ2v) is 5.26. The summed E-state index contributed by atoms with van der Waals surface area (Å²) in [4.78, 5) is 0. The number of allylic oxidation sites excluding steroid dienone is 2. The van der Waals surface area contributed by atoms with Crippen molar-refractivity contribution >= 4 is 0 Å². The Labute approximate surface area is 99.0 Å². The molecule has 1 N–H and O–H groups in total. The topological polar surface area (TPSA) is 29.5 Å². The third-order valence-electron chi connectivity index (χ3n) is 3.85. The Hall–Kier alpha value is -0.600. The maximum absolute atomic E-state index is 9.33. The van der Waals surface area contributed by atoms with E-state index in [0.29, 0.717) is 5.92 Å². The van der Waals surface area contributed by atoms with Crippen LogP contribution in [0.4, 0.5) is 0 Å². The third-order valence-corrected chi connectivity index (χ3v) is 3.85. The van der Waals surface area contributed by atoms with Crippen molar-refractivity contribution in [1.82, 2.24) is 0 Å². The van der Waals surface area contributed by atoms with Crippen molar-refractivity contribution < 1.29 is 9.84 Å². The van der Waals surface area contributed by atoms with Gasteiger partial charge >= 0.3 is 0 Å². The highest BCUT2D eigenvalue weighted by molar-refractivity contribution is 5.31. The van der Waals surface area contributed by atoms with Gasteiger partial charge in [-0.25, -0.2) is 0 Å². The highest BCUT2D eigenvalue weighted by Gasteiger charge is 2.38. The zero-order chi connectivity index (χ0) is 12.3. The summed E-state index contributed by atoms with van der Waals surface area (Å²) in [6.45, 7) is 8.75. The predicted molar refractivity (Wildman–Crippen MR) is 67.2 cm³/mol. The van der Waals surface area contributed by atoms with E-state index in [1.165, 1.54) is 5.57 Å². The summed E-state index contributed by atoms with van der Waals surface area (Å²) in [6, 6.07) is 0. The Kier molecular flexibility index (Phi) is 4.34. The standard InChI is InChI=1S/C14H24O2/c1-10(2)12-6-7-14(4,11(3)9-15)13(8-12)16-5/h6-8,10-11,13,15H,9H2,1-5H3. The summed E-state index contributed by atoms with van der Waals surface area (Å²) in [5.41, 5.74) is 1.21. The normalized spacial score (nSPS) is 31.7. The molecule has 2 heteroatoms. The lowest BCUT2D eigenvalue weighted by Crippen LogP contribution is -2.40. The van der Waals surface area contributed by atoms with E-state index in [-0.39, 0.29) is 24.0 Å². The minimum Gasteiger partial charge on any atom is -0.396 e. The number of aliphatic hydroxyl groups is 1. The third kappa shape index (κ3) is 2.38. The highest BCUT2D eigenvalue weighted by Crippen LogP contribution is 2.39. The Morgan fingerprint density at radius 3 is 2.50 bits per heavy atom. The smallest absolute Gasteiger partial charge is 0.0849 e.